The predicted octanol–water partition coefficient (Wildman–Crippen LogP) is 2.51. The van der Waals surface area contributed by atoms with Gasteiger partial charge in [0.15, 0.2) is 0 Å². The third-order valence-corrected chi connectivity index (χ3v) is 2.60. The van der Waals surface area contributed by atoms with E-state index < -0.39 is 11.0 Å². The number of nitro groups is 1. The number of hydrogen-bond donors (Lipinski definition) is 1. The molecule has 0 aliphatic heterocycles. The maximum atomic E-state index is 10.9. The summed E-state index contributed by atoms with van der Waals surface area (Å²) < 4.78 is 5.33. The van der Waals surface area contributed by atoms with Gasteiger partial charge in [0, 0.05) is 0 Å². The molecule has 1 N–H and O–H groups in total. The second-order valence-electron chi connectivity index (χ2n) is 3.79. The van der Waals surface area contributed by atoms with Crippen LogP contribution in [0.4, 0.5) is 11.5 Å². The molecule has 0 aromatic carbocycles. The lowest BCUT2D eigenvalue weighted by Crippen LogP contribution is -2.10. The summed E-state index contributed by atoms with van der Waals surface area (Å²) in [6, 6.07) is -0.390. The molecule has 8 nitrogen and oxygen atoms in total. The molecule has 2 aromatic rings. The Morgan fingerprint density at radius 1 is 1.47 bits per heavy atom. The van der Waals surface area contributed by atoms with Crippen LogP contribution in [0.3, 0.4) is 0 Å². The first-order valence-corrected chi connectivity index (χ1v) is 5.70. The van der Waals surface area contributed by atoms with Gasteiger partial charge in [0.05, 0.1) is 11.1 Å². The van der Waals surface area contributed by atoms with Gasteiger partial charge in [0.2, 0.25) is 16.9 Å². The fourth-order valence-electron chi connectivity index (χ4n) is 1.46. The number of rotatable bonds is 4. The normalized spacial score (nSPS) is 12.2. The Kier molecular flexibility index (Phi) is 3.61. The van der Waals surface area contributed by atoms with Crippen LogP contribution in [0.25, 0.3) is 0 Å². The number of halogens is 1. The molecule has 0 fully saturated rings. The van der Waals surface area contributed by atoms with E-state index in [0.717, 1.165) is 6.33 Å². The molecule has 1 unspecified atom stereocenters. The molecule has 2 heterocycles. The van der Waals surface area contributed by atoms with Gasteiger partial charge in [0.25, 0.3) is 0 Å². The Bertz CT molecular complexity index is 615. The Morgan fingerprint density at radius 3 is 2.79 bits per heavy atom. The number of aromatic nitrogens is 3. The first kappa shape index (κ1) is 13.2. The van der Waals surface area contributed by atoms with Gasteiger partial charge in [-0.15, -0.1) is 0 Å². The Hall–Kier alpha value is -2.22. The molecule has 0 bridgehead atoms. The minimum Gasteiger partial charge on any atom is -0.444 e. The Morgan fingerprint density at radius 2 is 2.21 bits per heavy atom. The van der Waals surface area contributed by atoms with Crippen LogP contribution in [0.1, 0.15) is 24.6 Å². The third kappa shape index (κ3) is 2.79. The molecular formula is C10H10ClN5O3. The summed E-state index contributed by atoms with van der Waals surface area (Å²) in [6.45, 7) is 3.50. The van der Waals surface area contributed by atoms with Crippen LogP contribution in [-0.4, -0.2) is 19.9 Å². The lowest BCUT2D eigenvalue weighted by Gasteiger charge is -2.10. The summed E-state index contributed by atoms with van der Waals surface area (Å²) in [5.41, 5.74) is -0.376. The highest BCUT2D eigenvalue weighted by atomic mass is 35.5. The molecule has 0 amide bonds. The van der Waals surface area contributed by atoms with Crippen molar-refractivity contribution in [1.82, 2.24) is 15.0 Å². The SMILES string of the molecule is Cc1cnc(C(C)Nc2ncnc(Cl)c2[N+](=O)[O-])o1. The number of nitrogens with one attached hydrogen (secondary N) is 1. The molecule has 9 heteroatoms. The molecule has 100 valence electrons. The molecule has 0 radical (unpaired) electrons. The number of oxazole rings is 1. The lowest BCUT2D eigenvalue weighted by molar-refractivity contribution is -0.384. The van der Waals surface area contributed by atoms with Crippen molar-refractivity contribution in [3.8, 4) is 0 Å². The van der Waals surface area contributed by atoms with Gasteiger partial charge in [-0.3, -0.25) is 10.1 Å². The smallest absolute Gasteiger partial charge is 0.348 e. The molecule has 1 atom stereocenters. The predicted molar refractivity (Wildman–Crippen MR) is 67.0 cm³/mol. The second-order valence-corrected chi connectivity index (χ2v) is 4.15. The van der Waals surface area contributed by atoms with E-state index in [0.29, 0.717) is 11.7 Å². The summed E-state index contributed by atoms with van der Waals surface area (Å²) >= 11 is 5.69. The van der Waals surface area contributed by atoms with Gasteiger partial charge < -0.3 is 9.73 Å². The number of nitrogens with zero attached hydrogens (tertiary/aromatic N) is 4. The van der Waals surface area contributed by atoms with Crippen LogP contribution < -0.4 is 5.32 Å². The summed E-state index contributed by atoms with van der Waals surface area (Å²) in [7, 11) is 0. The minimum absolute atomic E-state index is 0.0216. The number of aryl methyl sites for hydroxylation is 1. The highest BCUT2D eigenvalue weighted by Gasteiger charge is 2.24. The van der Waals surface area contributed by atoms with Gasteiger partial charge in [-0.1, -0.05) is 11.6 Å². The van der Waals surface area contributed by atoms with Gasteiger partial charge in [-0.25, -0.2) is 15.0 Å². The van der Waals surface area contributed by atoms with Crippen molar-refractivity contribution >= 4 is 23.1 Å². The van der Waals surface area contributed by atoms with Crippen LogP contribution >= 0.6 is 11.6 Å². The molecule has 19 heavy (non-hydrogen) atoms. The highest BCUT2D eigenvalue weighted by molar-refractivity contribution is 6.31. The minimum atomic E-state index is -0.641. The molecular weight excluding hydrogens is 274 g/mol. The van der Waals surface area contributed by atoms with Crippen molar-refractivity contribution in [2.24, 2.45) is 0 Å². The Balaban J connectivity index is 2.28. The van der Waals surface area contributed by atoms with Crippen molar-refractivity contribution in [3.05, 3.63) is 39.4 Å². The van der Waals surface area contributed by atoms with Crippen LogP contribution in [0.2, 0.25) is 5.15 Å². The van der Waals surface area contributed by atoms with Gasteiger partial charge in [0.1, 0.15) is 18.1 Å². The van der Waals surface area contributed by atoms with Crippen molar-refractivity contribution in [2.75, 3.05) is 5.32 Å². The van der Waals surface area contributed by atoms with E-state index in [2.05, 4.69) is 20.3 Å². The molecule has 0 spiro atoms. The van der Waals surface area contributed by atoms with Gasteiger partial charge in [-0.05, 0) is 13.8 Å². The standard InChI is InChI=1S/C10H10ClN5O3/c1-5-3-12-10(19-5)6(2)15-9-7(16(17)18)8(11)13-4-14-9/h3-4,6H,1-2H3,(H,13,14,15). The fraction of sp³-hybridized carbons (Fsp3) is 0.300. The van der Waals surface area contributed by atoms with E-state index in [4.69, 9.17) is 16.0 Å². The lowest BCUT2D eigenvalue weighted by atomic mass is 10.3. The number of hydrogen-bond acceptors (Lipinski definition) is 7. The zero-order valence-corrected chi connectivity index (χ0v) is 10.9. The number of anilines is 1. The summed E-state index contributed by atoms with van der Waals surface area (Å²) in [6.07, 6.45) is 2.71. The van der Waals surface area contributed by atoms with Crippen LogP contribution in [0.5, 0.6) is 0 Å². The molecule has 0 aliphatic rings. The second kappa shape index (κ2) is 5.19. The quantitative estimate of drug-likeness (QED) is 0.522. The summed E-state index contributed by atoms with van der Waals surface area (Å²) in [5.74, 6) is 1.08. The van der Waals surface area contributed by atoms with Crippen LogP contribution in [-0.2, 0) is 0 Å². The Labute approximate surface area is 113 Å². The molecule has 2 rings (SSSR count). The van der Waals surface area contributed by atoms with Crippen molar-refractivity contribution in [3.63, 3.8) is 0 Å². The summed E-state index contributed by atoms with van der Waals surface area (Å²) in [4.78, 5) is 21.7. The van der Waals surface area contributed by atoms with E-state index in [1.54, 1.807) is 20.0 Å². The first-order valence-electron chi connectivity index (χ1n) is 5.32. The molecule has 0 saturated heterocycles. The monoisotopic (exact) mass is 283 g/mol. The van der Waals surface area contributed by atoms with Crippen molar-refractivity contribution < 1.29 is 9.34 Å². The zero-order valence-electron chi connectivity index (χ0n) is 10.1. The van der Waals surface area contributed by atoms with Crippen molar-refractivity contribution in [1.29, 1.82) is 0 Å². The third-order valence-electron chi connectivity index (χ3n) is 2.32. The van der Waals surface area contributed by atoms with E-state index in [1.807, 2.05) is 0 Å². The highest BCUT2D eigenvalue weighted by Crippen LogP contribution is 2.30. The van der Waals surface area contributed by atoms with Crippen LogP contribution in [0, 0.1) is 17.0 Å². The maximum Gasteiger partial charge on any atom is 0.348 e. The average Bonchev–Trinajstić information content (AvgIpc) is 2.75. The van der Waals surface area contributed by atoms with Crippen LogP contribution in [0.15, 0.2) is 16.9 Å². The topological polar surface area (TPSA) is 107 Å². The first-order chi connectivity index (χ1) is 8.99. The average molecular weight is 284 g/mol. The van der Waals surface area contributed by atoms with E-state index >= 15 is 0 Å². The van der Waals surface area contributed by atoms with E-state index in [-0.39, 0.29) is 16.7 Å². The molecule has 0 aliphatic carbocycles. The van der Waals surface area contributed by atoms with Crippen molar-refractivity contribution in [2.45, 2.75) is 19.9 Å². The maximum absolute atomic E-state index is 10.9. The fourth-order valence-corrected chi connectivity index (χ4v) is 1.67. The molecule has 2 aromatic heterocycles. The van der Waals surface area contributed by atoms with E-state index in [1.165, 1.54) is 0 Å². The zero-order chi connectivity index (χ0) is 14.0. The van der Waals surface area contributed by atoms with E-state index in [9.17, 15) is 10.1 Å². The van der Waals surface area contributed by atoms with Gasteiger partial charge in [-0.2, -0.15) is 0 Å². The van der Waals surface area contributed by atoms with Gasteiger partial charge >= 0.3 is 5.69 Å². The summed E-state index contributed by atoms with van der Waals surface area (Å²) in [5, 5.41) is 13.5. The molecule has 0 saturated carbocycles. The largest absolute Gasteiger partial charge is 0.444 e.